The van der Waals surface area contributed by atoms with Crippen LogP contribution in [0.1, 0.15) is 20.3 Å². The summed E-state index contributed by atoms with van der Waals surface area (Å²) in [5.41, 5.74) is 0.989. The molecular weight excluding hydrogens is 280 g/mol. The van der Waals surface area contributed by atoms with E-state index in [1.807, 2.05) is 11.2 Å². The Morgan fingerprint density at radius 2 is 1.75 bits per heavy atom. The molecule has 0 aliphatic heterocycles. The third kappa shape index (κ3) is 6.76. The lowest BCUT2D eigenvalue weighted by molar-refractivity contribution is -0.125. The number of nitrogens with zero attached hydrogens (tertiary/aromatic N) is 3. The van der Waals surface area contributed by atoms with Crippen molar-refractivity contribution in [2.45, 2.75) is 26.3 Å². The van der Waals surface area contributed by atoms with Crippen LogP contribution in [0, 0.1) is 0 Å². The highest BCUT2D eigenvalue weighted by atomic mass is 32.2. The minimum absolute atomic E-state index is 0.101. The van der Waals surface area contributed by atoms with Crippen molar-refractivity contribution in [2.24, 2.45) is 10.3 Å². The number of likely N-dealkylation sites (N-methyl/N-ethyl adjacent to an activating group) is 1. The van der Waals surface area contributed by atoms with Gasteiger partial charge in [-0.25, -0.2) is 0 Å². The number of hydrogen-bond acceptors (Lipinski definition) is 7. The Balaban J connectivity index is 5.10. The quantitative estimate of drug-likeness (QED) is 0.333. The number of rotatable bonds is 9. The van der Waals surface area contributed by atoms with Crippen LogP contribution in [0.4, 0.5) is 0 Å². The Morgan fingerprint density at radius 3 is 2.10 bits per heavy atom. The number of nitrogens with one attached hydrogen (secondary N) is 1. The average Bonchev–Trinajstić information content (AvgIpc) is 2.46. The van der Waals surface area contributed by atoms with E-state index >= 15 is 0 Å². The van der Waals surface area contributed by atoms with Gasteiger partial charge < -0.3 is 15.7 Å². The summed E-state index contributed by atoms with van der Waals surface area (Å²) >= 11 is 1.66. The Morgan fingerprint density at radius 1 is 1.25 bits per heavy atom. The van der Waals surface area contributed by atoms with Gasteiger partial charge in [-0.15, -0.1) is 0 Å². The van der Waals surface area contributed by atoms with Crippen LogP contribution in [0.25, 0.3) is 0 Å². The molecule has 0 unspecified atom stereocenters. The summed E-state index contributed by atoms with van der Waals surface area (Å²) < 4.78 is 0. The molecule has 7 nitrogen and oxygen atoms in total. The molecule has 20 heavy (non-hydrogen) atoms. The Bertz CT molecular complexity index is 341. The number of thioether (sulfide) groups is 1. The summed E-state index contributed by atoms with van der Waals surface area (Å²) in [5, 5.41) is 26.5. The van der Waals surface area contributed by atoms with Gasteiger partial charge in [0.05, 0.1) is 17.5 Å². The van der Waals surface area contributed by atoms with Crippen molar-refractivity contribution in [3.8, 4) is 0 Å². The number of oxime groups is 2. The first-order valence-electron chi connectivity index (χ1n) is 6.29. The Hall–Kier alpha value is -1.28. The fourth-order valence-electron chi connectivity index (χ4n) is 1.80. The van der Waals surface area contributed by atoms with Crippen LogP contribution in [0.3, 0.4) is 0 Å². The maximum absolute atomic E-state index is 12.0. The van der Waals surface area contributed by atoms with Gasteiger partial charge in [-0.1, -0.05) is 10.3 Å². The van der Waals surface area contributed by atoms with Crippen molar-refractivity contribution in [3.05, 3.63) is 0 Å². The molecule has 0 bridgehead atoms. The van der Waals surface area contributed by atoms with E-state index < -0.39 is 0 Å². The summed E-state index contributed by atoms with van der Waals surface area (Å²) in [4.78, 5) is 13.9. The van der Waals surface area contributed by atoms with Gasteiger partial charge in [-0.2, -0.15) is 11.8 Å². The zero-order valence-electron chi connectivity index (χ0n) is 12.5. The maximum atomic E-state index is 12.0. The zero-order valence-corrected chi connectivity index (χ0v) is 13.3. The van der Waals surface area contributed by atoms with Crippen molar-refractivity contribution in [1.29, 1.82) is 0 Å². The molecule has 8 heteroatoms. The molecule has 1 atom stereocenters. The largest absolute Gasteiger partial charge is 0.411 e. The second kappa shape index (κ2) is 10.5. The molecule has 0 rings (SSSR count). The molecule has 1 amide bonds. The van der Waals surface area contributed by atoms with E-state index in [-0.39, 0.29) is 11.9 Å². The lowest BCUT2D eigenvalue weighted by Gasteiger charge is -2.29. The van der Waals surface area contributed by atoms with E-state index in [0.717, 1.165) is 5.75 Å². The van der Waals surface area contributed by atoms with Crippen LogP contribution in [0.5, 0.6) is 0 Å². The number of carbonyl (C=O) groups excluding carboxylic acids is 1. The lowest BCUT2D eigenvalue weighted by Crippen LogP contribution is -2.49. The Labute approximate surface area is 124 Å². The van der Waals surface area contributed by atoms with Crippen LogP contribution in [0.15, 0.2) is 10.3 Å². The summed E-state index contributed by atoms with van der Waals surface area (Å²) in [6.45, 7) is 4.01. The van der Waals surface area contributed by atoms with Gasteiger partial charge in [0.25, 0.3) is 0 Å². The predicted molar refractivity (Wildman–Crippen MR) is 82.2 cm³/mol. The third-order valence-corrected chi connectivity index (χ3v) is 3.43. The van der Waals surface area contributed by atoms with Gasteiger partial charge in [0.1, 0.15) is 0 Å². The monoisotopic (exact) mass is 304 g/mol. The number of carbonyl (C=O) groups is 1. The molecule has 0 aromatic heterocycles. The van der Waals surface area contributed by atoms with Crippen molar-refractivity contribution in [3.63, 3.8) is 0 Å². The molecule has 0 aromatic carbocycles. The zero-order chi connectivity index (χ0) is 15.5. The Kier molecular flexibility index (Phi) is 9.83. The highest BCUT2D eigenvalue weighted by Crippen LogP contribution is 2.10. The van der Waals surface area contributed by atoms with E-state index in [0.29, 0.717) is 30.9 Å². The second-order valence-electron chi connectivity index (χ2n) is 4.49. The van der Waals surface area contributed by atoms with Crippen LogP contribution in [-0.2, 0) is 4.79 Å². The van der Waals surface area contributed by atoms with E-state index in [1.54, 1.807) is 32.7 Å². The van der Waals surface area contributed by atoms with Gasteiger partial charge in [0, 0.05) is 20.1 Å². The highest BCUT2D eigenvalue weighted by molar-refractivity contribution is 7.98. The smallest absolute Gasteiger partial charge is 0.237 e. The van der Waals surface area contributed by atoms with Crippen molar-refractivity contribution in [2.75, 3.05) is 32.1 Å². The fraction of sp³-hybridized carbons (Fsp3) is 0.750. The lowest BCUT2D eigenvalue weighted by atomic mass is 10.1. The standard InChI is InChI=1S/C12H24N4O3S/c1-9(14-18)7-16(8-10(2)15-19)11(5-6-20-4)12(17)13-3/h11,18-19H,5-8H2,1-4H3,(H,13,17)/b14-9+,15-10+/t11-/m0/s1. The van der Waals surface area contributed by atoms with Gasteiger partial charge in [-0.05, 0) is 32.3 Å². The molecule has 0 aliphatic carbocycles. The molecule has 116 valence electrons. The molecule has 0 saturated heterocycles. The SMILES string of the molecule is CNC(=O)[C@H](CCSC)N(C/C(C)=N/O)C/C(C)=N/O. The molecule has 0 fully saturated rings. The van der Waals surface area contributed by atoms with E-state index in [4.69, 9.17) is 10.4 Å². The first-order chi connectivity index (χ1) is 9.49. The van der Waals surface area contributed by atoms with Gasteiger partial charge in [-0.3, -0.25) is 9.69 Å². The van der Waals surface area contributed by atoms with Gasteiger partial charge in [0.15, 0.2) is 0 Å². The summed E-state index contributed by atoms with van der Waals surface area (Å²) in [5.74, 6) is 0.731. The molecule has 0 spiro atoms. The maximum Gasteiger partial charge on any atom is 0.237 e. The van der Waals surface area contributed by atoms with Crippen molar-refractivity contribution < 1.29 is 15.2 Å². The highest BCUT2D eigenvalue weighted by Gasteiger charge is 2.25. The first kappa shape index (κ1) is 18.7. The topological polar surface area (TPSA) is 97.5 Å². The summed E-state index contributed by atoms with van der Waals surface area (Å²) in [6, 6.07) is -0.360. The second-order valence-corrected chi connectivity index (χ2v) is 5.47. The summed E-state index contributed by atoms with van der Waals surface area (Å²) in [7, 11) is 1.59. The molecule has 0 radical (unpaired) electrons. The number of amides is 1. The molecule has 0 heterocycles. The van der Waals surface area contributed by atoms with E-state index in [1.165, 1.54) is 0 Å². The van der Waals surface area contributed by atoms with Crippen molar-refractivity contribution in [1.82, 2.24) is 10.2 Å². The van der Waals surface area contributed by atoms with E-state index in [2.05, 4.69) is 15.6 Å². The van der Waals surface area contributed by atoms with Gasteiger partial charge >= 0.3 is 0 Å². The summed E-state index contributed by atoms with van der Waals surface area (Å²) in [6.07, 6.45) is 2.64. The molecule has 3 N–H and O–H groups in total. The minimum atomic E-state index is -0.360. The minimum Gasteiger partial charge on any atom is -0.411 e. The molecule has 0 aromatic rings. The molecule has 0 saturated carbocycles. The average molecular weight is 304 g/mol. The third-order valence-electron chi connectivity index (χ3n) is 2.79. The van der Waals surface area contributed by atoms with Crippen LogP contribution in [0.2, 0.25) is 0 Å². The van der Waals surface area contributed by atoms with Crippen LogP contribution in [-0.4, -0.2) is 70.8 Å². The predicted octanol–water partition coefficient (Wildman–Crippen LogP) is 0.856. The molecular formula is C12H24N4O3S. The van der Waals surface area contributed by atoms with Gasteiger partial charge in [0.2, 0.25) is 5.91 Å². The van der Waals surface area contributed by atoms with Crippen LogP contribution >= 0.6 is 11.8 Å². The van der Waals surface area contributed by atoms with Crippen LogP contribution < -0.4 is 5.32 Å². The fourth-order valence-corrected chi connectivity index (χ4v) is 2.26. The molecule has 0 aliphatic rings. The van der Waals surface area contributed by atoms with Crippen molar-refractivity contribution >= 4 is 29.1 Å². The normalized spacial score (nSPS) is 14.4. The first-order valence-corrected chi connectivity index (χ1v) is 7.69. The van der Waals surface area contributed by atoms with E-state index in [9.17, 15) is 4.79 Å². The number of hydrogen-bond donors (Lipinski definition) is 3.